The zero-order valence-corrected chi connectivity index (χ0v) is 16.3. The van der Waals surface area contributed by atoms with Gasteiger partial charge in [0.1, 0.15) is 0 Å². The van der Waals surface area contributed by atoms with Crippen LogP contribution in [0.4, 0.5) is 0 Å². The molecule has 0 atom stereocenters. The molecule has 0 amide bonds. The number of alkyl halides is 2. The fraction of sp³-hybridized carbons (Fsp3) is 0.238. The van der Waals surface area contributed by atoms with Crippen molar-refractivity contribution in [1.82, 2.24) is 0 Å². The minimum Gasteiger partial charge on any atom is -0.103 e. The maximum Gasteiger partial charge on any atom is 0.0283 e. The molecule has 2 aromatic rings. The summed E-state index contributed by atoms with van der Waals surface area (Å²) < 4.78 is 0. The lowest BCUT2D eigenvalue weighted by atomic mass is 9.72. The molecule has 118 valence electrons. The van der Waals surface area contributed by atoms with Gasteiger partial charge in [0.05, 0.1) is 0 Å². The Kier molecular flexibility index (Phi) is 4.93. The van der Waals surface area contributed by atoms with Crippen LogP contribution < -0.4 is 0 Å². The summed E-state index contributed by atoms with van der Waals surface area (Å²) in [4.78, 5) is 0. The van der Waals surface area contributed by atoms with Gasteiger partial charge in [-0.25, -0.2) is 0 Å². The number of hydrogen-bond donors (Lipinski definition) is 0. The lowest BCUT2D eigenvalue weighted by Gasteiger charge is -2.30. The van der Waals surface area contributed by atoms with E-state index >= 15 is 0 Å². The second-order valence-electron chi connectivity index (χ2n) is 6.09. The van der Waals surface area contributed by atoms with Gasteiger partial charge in [0.2, 0.25) is 0 Å². The summed E-state index contributed by atoms with van der Waals surface area (Å²) in [6.07, 6.45) is 5.95. The molecule has 3 rings (SSSR count). The Labute approximate surface area is 155 Å². The maximum atomic E-state index is 4.03. The van der Waals surface area contributed by atoms with E-state index < -0.39 is 0 Å². The molecule has 0 aromatic heterocycles. The maximum absolute atomic E-state index is 4.03. The van der Waals surface area contributed by atoms with Crippen LogP contribution in [0.3, 0.4) is 0 Å². The van der Waals surface area contributed by atoms with Crippen molar-refractivity contribution < 1.29 is 0 Å². The predicted molar refractivity (Wildman–Crippen MR) is 108 cm³/mol. The number of allylic oxidation sites excluding steroid dienone is 2. The zero-order chi connectivity index (χ0) is 16.4. The van der Waals surface area contributed by atoms with Gasteiger partial charge in [-0.2, -0.15) is 0 Å². The molecule has 0 bridgehead atoms. The van der Waals surface area contributed by atoms with Crippen LogP contribution in [-0.4, -0.2) is 0 Å². The van der Waals surface area contributed by atoms with Crippen LogP contribution in [0.5, 0.6) is 0 Å². The Hall–Kier alpha value is -1.12. The molecule has 0 fully saturated rings. The molecule has 23 heavy (non-hydrogen) atoms. The second-order valence-corrected chi connectivity index (χ2v) is 7.22. The van der Waals surface area contributed by atoms with Crippen LogP contribution in [0.2, 0.25) is 0 Å². The predicted octanol–water partition coefficient (Wildman–Crippen LogP) is 6.90. The van der Waals surface area contributed by atoms with E-state index in [0.29, 0.717) is 0 Å². The van der Waals surface area contributed by atoms with Gasteiger partial charge in [0.15, 0.2) is 0 Å². The Morgan fingerprint density at radius 3 is 1.57 bits per heavy atom. The molecule has 1 aliphatic carbocycles. The van der Waals surface area contributed by atoms with Crippen molar-refractivity contribution in [1.29, 1.82) is 0 Å². The van der Waals surface area contributed by atoms with E-state index in [-0.39, 0.29) is 5.41 Å². The molecule has 2 heteroatoms. The molecule has 0 unspecified atom stereocenters. The van der Waals surface area contributed by atoms with Gasteiger partial charge in [-0.15, -0.1) is 13.2 Å². The highest BCUT2D eigenvalue weighted by atomic mass is 79.9. The molecular formula is C21H20Br2. The first-order valence-electron chi connectivity index (χ1n) is 7.81. The largest absolute Gasteiger partial charge is 0.103 e. The van der Waals surface area contributed by atoms with Gasteiger partial charge in [-0.3, -0.25) is 0 Å². The van der Waals surface area contributed by atoms with E-state index in [9.17, 15) is 0 Å². The summed E-state index contributed by atoms with van der Waals surface area (Å²) in [6.45, 7) is 8.06. The van der Waals surface area contributed by atoms with Crippen LogP contribution >= 0.6 is 31.9 Å². The van der Waals surface area contributed by atoms with Gasteiger partial charge in [0, 0.05) is 16.1 Å². The average molecular weight is 432 g/mol. The van der Waals surface area contributed by atoms with Crippen LogP contribution in [0.15, 0.2) is 61.7 Å². The van der Waals surface area contributed by atoms with Gasteiger partial charge >= 0.3 is 0 Å². The average Bonchev–Trinajstić information content (AvgIpc) is 2.85. The van der Waals surface area contributed by atoms with Gasteiger partial charge in [-0.1, -0.05) is 80.4 Å². The van der Waals surface area contributed by atoms with Crippen molar-refractivity contribution in [2.45, 2.75) is 28.9 Å². The van der Waals surface area contributed by atoms with Gasteiger partial charge in [0.25, 0.3) is 0 Å². The molecule has 2 aromatic carbocycles. The Bertz CT molecular complexity index is 693. The SMILES string of the molecule is C=CCC1(CC=C)c2cc(CBr)ccc2-c2ccc(CBr)cc21. The fourth-order valence-electron chi connectivity index (χ4n) is 3.77. The third kappa shape index (κ3) is 2.66. The molecule has 0 heterocycles. The normalized spacial score (nSPS) is 14.2. The number of rotatable bonds is 6. The van der Waals surface area contributed by atoms with E-state index in [1.54, 1.807) is 0 Å². The van der Waals surface area contributed by atoms with Crippen molar-refractivity contribution in [2.75, 3.05) is 0 Å². The first-order valence-corrected chi connectivity index (χ1v) is 10.1. The highest BCUT2D eigenvalue weighted by Crippen LogP contribution is 2.53. The standard InChI is InChI=1S/C21H20Br2/c1-3-9-21(10-4-2)19-11-15(13-22)5-7-17(19)18-8-6-16(14-23)12-20(18)21/h3-8,11-12H,1-2,9-10,13-14H2. The molecule has 0 nitrogen and oxygen atoms in total. The lowest BCUT2D eigenvalue weighted by Crippen LogP contribution is -2.24. The van der Waals surface area contributed by atoms with Crippen molar-refractivity contribution in [3.8, 4) is 11.1 Å². The zero-order valence-electron chi connectivity index (χ0n) is 13.1. The third-order valence-corrected chi connectivity index (χ3v) is 6.08. The fourth-order valence-corrected chi connectivity index (χ4v) is 4.47. The summed E-state index contributed by atoms with van der Waals surface area (Å²) in [5, 5.41) is 1.75. The Morgan fingerprint density at radius 2 is 1.22 bits per heavy atom. The topological polar surface area (TPSA) is 0 Å². The quantitative estimate of drug-likeness (QED) is 0.344. The van der Waals surface area contributed by atoms with Crippen LogP contribution in [0.1, 0.15) is 35.1 Å². The number of fused-ring (bicyclic) bond motifs is 3. The molecule has 0 aliphatic heterocycles. The van der Waals surface area contributed by atoms with E-state index in [1.807, 2.05) is 12.2 Å². The Morgan fingerprint density at radius 1 is 0.783 bits per heavy atom. The summed E-state index contributed by atoms with van der Waals surface area (Å²) >= 11 is 7.19. The Balaban J connectivity index is 2.33. The van der Waals surface area contributed by atoms with E-state index in [4.69, 9.17) is 0 Å². The van der Waals surface area contributed by atoms with Crippen LogP contribution in [-0.2, 0) is 16.1 Å². The molecular weight excluding hydrogens is 412 g/mol. The number of hydrogen-bond acceptors (Lipinski definition) is 0. The molecule has 0 radical (unpaired) electrons. The summed E-state index contributed by atoms with van der Waals surface area (Å²) in [6, 6.07) is 13.7. The first kappa shape index (κ1) is 16.7. The van der Waals surface area contributed by atoms with E-state index in [0.717, 1.165) is 23.5 Å². The van der Waals surface area contributed by atoms with Crippen LogP contribution in [0.25, 0.3) is 11.1 Å². The lowest BCUT2D eigenvalue weighted by molar-refractivity contribution is 0.542. The first-order chi connectivity index (χ1) is 11.2. The monoisotopic (exact) mass is 430 g/mol. The minimum atomic E-state index is -0.0372. The minimum absolute atomic E-state index is 0.0372. The van der Waals surface area contributed by atoms with E-state index in [1.165, 1.54) is 33.4 Å². The van der Waals surface area contributed by atoms with Crippen molar-refractivity contribution in [3.63, 3.8) is 0 Å². The highest BCUT2D eigenvalue weighted by molar-refractivity contribution is 9.08. The van der Waals surface area contributed by atoms with Gasteiger partial charge in [-0.05, 0) is 46.2 Å². The second kappa shape index (κ2) is 6.78. The van der Waals surface area contributed by atoms with Crippen molar-refractivity contribution >= 4 is 31.9 Å². The summed E-state index contributed by atoms with van der Waals surface area (Å²) in [5.74, 6) is 0. The van der Waals surface area contributed by atoms with E-state index in [2.05, 4.69) is 81.4 Å². The smallest absolute Gasteiger partial charge is 0.0283 e. The molecule has 1 aliphatic rings. The highest BCUT2D eigenvalue weighted by Gasteiger charge is 2.41. The molecule has 0 spiro atoms. The summed E-state index contributed by atoms with van der Waals surface area (Å²) in [5.41, 5.74) is 8.13. The number of halogens is 2. The molecule has 0 saturated carbocycles. The third-order valence-electron chi connectivity index (χ3n) is 4.78. The van der Waals surface area contributed by atoms with Crippen LogP contribution in [0, 0.1) is 0 Å². The molecule has 0 saturated heterocycles. The van der Waals surface area contributed by atoms with Gasteiger partial charge < -0.3 is 0 Å². The van der Waals surface area contributed by atoms with Crippen molar-refractivity contribution in [2.24, 2.45) is 0 Å². The van der Waals surface area contributed by atoms with Crippen molar-refractivity contribution in [3.05, 3.63) is 84.0 Å². The number of benzene rings is 2. The molecule has 0 N–H and O–H groups in total. The summed E-state index contributed by atoms with van der Waals surface area (Å²) in [7, 11) is 0.